The van der Waals surface area contributed by atoms with E-state index in [0.29, 0.717) is 18.2 Å². The number of aromatic nitrogens is 2. The summed E-state index contributed by atoms with van der Waals surface area (Å²) in [6.45, 7) is 4.11. The molecule has 1 saturated carbocycles. The van der Waals surface area contributed by atoms with Gasteiger partial charge < -0.3 is 5.32 Å². The predicted octanol–water partition coefficient (Wildman–Crippen LogP) is 0.348. The minimum atomic E-state index is -3.48. The Labute approximate surface area is 101 Å². The van der Waals surface area contributed by atoms with E-state index in [9.17, 15) is 8.42 Å². The number of hydrogen-bond donors (Lipinski definition) is 3. The lowest BCUT2D eigenvalue weighted by atomic mass is 10.3. The van der Waals surface area contributed by atoms with E-state index in [0.717, 1.165) is 0 Å². The first-order valence-electron chi connectivity index (χ1n) is 5.77. The molecule has 17 heavy (non-hydrogen) atoms. The second-order valence-electron chi connectivity index (χ2n) is 4.66. The van der Waals surface area contributed by atoms with Gasteiger partial charge in [0.15, 0.2) is 5.03 Å². The number of nitrogens with zero attached hydrogens (tertiary/aromatic N) is 1. The van der Waals surface area contributed by atoms with Crippen LogP contribution in [0.5, 0.6) is 0 Å². The Kier molecular flexibility index (Phi) is 3.50. The van der Waals surface area contributed by atoms with Gasteiger partial charge in [-0.15, -0.1) is 0 Å². The summed E-state index contributed by atoms with van der Waals surface area (Å²) in [5.41, 5.74) is 0.685. The first-order chi connectivity index (χ1) is 7.99. The van der Waals surface area contributed by atoms with Crippen LogP contribution in [-0.4, -0.2) is 30.7 Å². The molecule has 3 N–H and O–H groups in total. The smallest absolute Gasteiger partial charge is 0.258 e. The van der Waals surface area contributed by atoms with Crippen LogP contribution in [0.2, 0.25) is 0 Å². The predicted molar refractivity (Wildman–Crippen MR) is 63.9 cm³/mol. The van der Waals surface area contributed by atoms with Gasteiger partial charge in [0, 0.05) is 24.2 Å². The Balaban J connectivity index is 2.11. The van der Waals surface area contributed by atoms with Crippen molar-refractivity contribution in [1.82, 2.24) is 20.2 Å². The molecular weight excluding hydrogens is 240 g/mol. The minimum absolute atomic E-state index is 0.132. The Morgan fingerprint density at radius 1 is 1.53 bits per heavy atom. The van der Waals surface area contributed by atoms with E-state index < -0.39 is 10.0 Å². The standard InChI is InChI=1S/C10H18N4O2S/c1-7(2)14-17(15,16)10-8(6-12-13-10)5-11-9-3-4-9/h6-7,9,11,14H,3-5H2,1-2H3,(H,12,13). The van der Waals surface area contributed by atoms with Crippen LogP contribution in [0.15, 0.2) is 11.2 Å². The highest BCUT2D eigenvalue weighted by Crippen LogP contribution is 2.20. The van der Waals surface area contributed by atoms with E-state index in [1.165, 1.54) is 12.8 Å². The SMILES string of the molecule is CC(C)NS(=O)(=O)c1[nH]ncc1CNC1CC1. The number of hydrogen-bond acceptors (Lipinski definition) is 4. The molecule has 96 valence electrons. The maximum Gasteiger partial charge on any atom is 0.258 e. The van der Waals surface area contributed by atoms with Gasteiger partial charge in [-0.2, -0.15) is 5.10 Å². The van der Waals surface area contributed by atoms with Crippen LogP contribution in [0.25, 0.3) is 0 Å². The molecule has 1 aromatic heterocycles. The van der Waals surface area contributed by atoms with Crippen LogP contribution in [0.1, 0.15) is 32.3 Å². The van der Waals surface area contributed by atoms with Gasteiger partial charge in [-0.3, -0.25) is 5.10 Å². The van der Waals surface area contributed by atoms with E-state index in [2.05, 4.69) is 20.2 Å². The van der Waals surface area contributed by atoms with Crippen LogP contribution < -0.4 is 10.0 Å². The average Bonchev–Trinajstić information content (AvgIpc) is 2.90. The first-order valence-corrected chi connectivity index (χ1v) is 7.25. The fraction of sp³-hybridized carbons (Fsp3) is 0.700. The third-order valence-corrected chi connectivity index (χ3v) is 4.17. The van der Waals surface area contributed by atoms with Gasteiger partial charge in [-0.25, -0.2) is 13.1 Å². The summed E-state index contributed by atoms with van der Waals surface area (Å²) in [5, 5.41) is 9.80. The molecule has 1 aliphatic carbocycles. The molecule has 0 aromatic carbocycles. The summed E-state index contributed by atoms with van der Waals surface area (Å²) in [5.74, 6) is 0. The lowest BCUT2D eigenvalue weighted by molar-refractivity contribution is 0.562. The molecule has 0 bridgehead atoms. The van der Waals surface area contributed by atoms with E-state index in [1.807, 2.05) is 0 Å². The highest BCUT2D eigenvalue weighted by atomic mass is 32.2. The van der Waals surface area contributed by atoms with Crippen molar-refractivity contribution < 1.29 is 8.42 Å². The molecular formula is C10H18N4O2S. The van der Waals surface area contributed by atoms with Crippen molar-refractivity contribution in [2.24, 2.45) is 0 Å². The number of aromatic amines is 1. The summed E-state index contributed by atoms with van der Waals surface area (Å²) >= 11 is 0. The van der Waals surface area contributed by atoms with Crippen molar-refractivity contribution in [3.63, 3.8) is 0 Å². The van der Waals surface area contributed by atoms with Crippen LogP contribution in [-0.2, 0) is 16.6 Å². The van der Waals surface area contributed by atoms with Crippen LogP contribution in [0.3, 0.4) is 0 Å². The molecule has 2 rings (SSSR count). The van der Waals surface area contributed by atoms with Gasteiger partial charge in [0.2, 0.25) is 0 Å². The zero-order valence-electron chi connectivity index (χ0n) is 10.0. The number of nitrogens with one attached hydrogen (secondary N) is 3. The van der Waals surface area contributed by atoms with Gasteiger partial charge in [-0.05, 0) is 26.7 Å². The quantitative estimate of drug-likeness (QED) is 0.687. The zero-order chi connectivity index (χ0) is 12.5. The van der Waals surface area contributed by atoms with Gasteiger partial charge in [0.05, 0.1) is 6.20 Å². The van der Waals surface area contributed by atoms with Gasteiger partial charge in [-0.1, -0.05) is 0 Å². The van der Waals surface area contributed by atoms with E-state index in [4.69, 9.17) is 0 Å². The lowest BCUT2D eigenvalue weighted by Gasteiger charge is -2.09. The molecule has 0 spiro atoms. The van der Waals surface area contributed by atoms with Crippen molar-refractivity contribution in [3.05, 3.63) is 11.8 Å². The molecule has 0 unspecified atom stereocenters. The molecule has 7 heteroatoms. The summed E-state index contributed by atoms with van der Waals surface area (Å²) in [6.07, 6.45) is 3.90. The number of H-pyrrole nitrogens is 1. The van der Waals surface area contributed by atoms with Crippen LogP contribution in [0.4, 0.5) is 0 Å². The maximum atomic E-state index is 12.0. The minimum Gasteiger partial charge on any atom is -0.310 e. The van der Waals surface area contributed by atoms with Crippen molar-refractivity contribution in [2.45, 2.75) is 50.3 Å². The molecule has 0 aliphatic heterocycles. The monoisotopic (exact) mass is 258 g/mol. The maximum absolute atomic E-state index is 12.0. The molecule has 1 aromatic rings. The van der Waals surface area contributed by atoms with Crippen molar-refractivity contribution >= 4 is 10.0 Å². The van der Waals surface area contributed by atoms with Gasteiger partial charge in [0.1, 0.15) is 0 Å². The molecule has 1 heterocycles. The van der Waals surface area contributed by atoms with Crippen LogP contribution >= 0.6 is 0 Å². The van der Waals surface area contributed by atoms with Gasteiger partial charge >= 0.3 is 0 Å². The Bertz CT molecular complexity index is 476. The Morgan fingerprint density at radius 2 is 2.24 bits per heavy atom. The molecule has 1 aliphatic rings. The highest BCUT2D eigenvalue weighted by molar-refractivity contribution is 7.89. The van der Waals surface area contributed by atoms with Crippen molar-refractivity contribution in [2.75, 3.05) is 0 Å². The summed E-state index contributed by atoms with van der Waals surface area (Å²) < 4.78 is 26.5. The fourth-order valence-electron chi connectivity index (χ4n) is 1.57. The van der Waals surface area contributed by atoms with E-state index >= 15 is 0 Å². The molecule has 1 fully saturated rings. The largest absolute Gasteiger partial charge is 0.310 e. The average molecular weight is 258 g/mol. The molecule has 0 amide bonds. The van der Waals surface area contributed by atoms with Crippen molar-refractivity contribution in [1.29, 1.82) is 0 Å². The number of rotatable bonds is 6. The third-order valence-electron chi connectivity index (χ3n) is 2.50. The zero-order valence-corrected chi connectivity index (χ0v) is 10.8. The van der Waals surface area contributed by atoms with E-state index in [-0.39, 0.29) is 11.1 Å². The first kappa shape index (κ1) is 12.5. The second-order valence-corrected chi connectivity index (χ2v) is 6.31. The highest BCUT2D eigenvalue weighted by Gasteiger charge is 2.24. The molecule has 0 saturated heterocycles. The fourth-order valence-corrected chi connectivity index (χ4v) is 2.95. The topological polar surface area (TPSA) is 86.9 Å². The lowest BCUT2D eigenvalue weighted by Crippen LogP contribution is -2.31. The van der Waals surface area contributed by atoms with Crippen molar-refractivity contribution in [3.8, 4) is 0 Å². The normalized spacial score (nSPS) is 16.6. The Morgan fingerprint density at radius 3 is 2.82 bits per heavy atom. The molecule has 6 nitrogen and oxygen atoms in total. The summed E-state index contributed by atoms with van der Waals surface area (Å²) in [4.78, 5) is 0. The molecule has 0 atom stereocenters. The third kappa shape index (κ3) is 3.27. The summed E-state index contributed by atoms with van der Waals surface area (Å²) in [6, 6.07) is 0.408. The van der Waals surface area contributed by atoms with Gasteiger partial charge in [0.25, 0.3) is 10.0 Å². The second kappa shape index (κ2) is 4.75. The molecule has 0 radical (unpaired) electrons. The van der Waals surface area contributed by atoms with Crippen LogP contribution in [0, 0.1) is 0 Å². The Hall–Kier alpha value is -0.920. The number of sulfonamides is 1. The summed E-state index contributed by atoms with van der Waals surface area (Å²) in [7, 11) is -3.48. The van der Waals surface area contributed by atoms with E-state index in [1.54, 1.807) is 20.0 Å².